The minimum atomic E-state index is -0.584. The van der Waals surface area contributed by atoms with Gasteiger partial charge in [-0.05, 0) is 37.1 Å². The second-order valence-electron chi connectivity index (χ2n) is 3.64. The highest BCUT2D eigenvalue weighted by Crippen LogP contribution is 2.34. The van der Waals surface area contributed by atoms with Gasteiger partial charge in [-0.1, -0.05) is 0 Å². The number of esters is 1. The summed E-state index contributed by atoms with van der Waals surface area (Å²) in [6.45, 7) is 4.80. The first-order valence-electron chi connectivity index (χ1n) is 5.00. The van der Waals surface area contributed by atoms with E-state index in [0.717, 1.165) is 11.1 Å². The van der Waals surface area contributed by atoms with E-state index in [4.69, 9.17) is 9.47 Å². The molecule has 1 rings (SSSR count). The van der Waals surface area contributed by atoms with E-state index >= 15 is 0 Å². The van der Waals surface area contributed by atoms with Gasteiger partial charge in [0.25, 0.3) is 0 Å². The fraction of sp³-hybridized carbons (Fsp3) is 0.417. The van der Waals surface area contributed by atoms with Crippen LogP contribution >= 0.6 is 0 Å². The summed E-state index contributed by atoms with van der Waals surface area (Å²) in [4.78, 5) is 10.9. The third-order valence-corrected chi connectivity index (χ3v) is 2.21. The number of aryl methyl sites for hydroxylation is 1. The Bertz CT molecular complexity index is 396. The van der Waals surface area contributed by atoms with Gasteiger partial charge < -0.3 is 14.6 Å². The number of aliphatic hydroxyl groups excluding tert-OH is 1. The van der Waals surface area contributed by atoms with E-state index in [2.05, 4.69) is 0 Å². The predicted molar refractivity (Wildman–Crippen MR) is 59.7 cm³/mol. The van der Waals surface area contributed by atoms with Crippen molar-refractivity contribution < 1.29 is 19.4 Å². The van der Waals surface area contributed by atoms with Crippen LogP contribution in [0, 0.1) is 6.92 Å². The quantitative estimate of drug-likeness (QED) is 0.630. The van der Waals surface area contributed by atoms with E-state index in [1.807, 2.05) is 0 Å². The van der Waals surface area contributed by atoms with Gasteiger partial charge in [0.1, 0.15) is 0 Å². The molecule has 0 aliphatic heterocycles. The highest BCUT2D eigenvalue weighted by Gasteiger charge is 2.14. The second-order valence-corrected chi connectivity index (χ2v) is 3.64. The molecule has 1 unspecified atom stereocenters. The average molecular weight is 224 g/mol. The van der Waals surface area contributed by atoms with Gasteiger partial charge in [0.15, 0.2) is 11.5 Å². The molecular formula is C12H16O4. The van der Waals surface area contributed by atoms with Gasteiger partial charge in [0.2, 0.25) is 0 Å². The van der Waals surface area contributed by atoms with Crippen molar-refractivity contribution in [2.24, 2.45) is 0 Å². The highest BCUT2D eigenvalue weighted by atomic mass is 16.6. The molecule has 0 saturated carbocycles. The Morgan fingerprint density at radius 2 is 2.06 bits per heavy atom. The monoisotopic (exact) mass is 224 g/mol. The molecule has 4 heteroatoms. The lowest BCUT2D eigenvalue weighted by molar-refractivity contribution is -0.132. The molecule has 1 aromatic rings. The molecule has 0 fully saturated rings. The van der Waals surface area contributed by atoms with Crippen molar-refractivity contribution in [2.75, 3.05) is 7.11 Å². The standard InChI is InChI=1S/C12H16O4/c1-7-5-10(8(2)13)6-11(15-4)12(7)16-9(3)14/h5-6,8,13H,1-4H3. The fourth-order valence-electron chi connectivity index (χ4n) is 1.44. The van der Waals surface area contributed by atoms with E-state index in [1.165, 1.54) is 14.0 Å². The summed E-state index contributed by atoms with van der Waals surface area (Å²) in [5.74, 6) is 0.455. The smallest absolute Gasteiger partial charge is 0.308 e. The number of hydrogen-bond acceptors (Lipinski definition) is 4. The number of ether oxygens (including phenoxy) is 2. The number of carbonyl (C=O) groups is 1. The summed E-state index contributed by atoms with van der Waals surface area (Å²) >= 11 is 0. The van der Waals surface area contributed by atoms with E-state index in [0.29, 0.717) is 11.5 Å². The number of aliphatic hydroxyl groups is 1. The van der Waals surface area contributed by atoms with Crippen molar-refractivity contribution in [2.45, 2.75) is 26.9 Å². The maximum atomic E-state index is 10.9. The lowest BCUT2D eigenvalue weighted by atomic mass is 10.1. The Morgan fingerprint density at radius 3 is 2.50 bits per heavy atom. The predicted octanol–water partition coefficient (Wildman–Crippen LogP) is 1.98. The topological polar surface area (TPSA) is 55.8 Å². The summed E-state index contributed by atoms with van der Waals surface area (Å²) in [5.41, 5.74) is 1.48. The van der Waals surface area contributed by atoms with E-state index in [1.54, 1.807) is 26.0 Å². The number of methoxy groups -OCH3 is 1. The molecule has 0 aromatic heterocycles. The van der Waals surface area contributed by atoms with Crippen molar-refractivity contribution in [1.29, 1.82) is 0 Å². The van der Waals surface area contributed by atoms with Crippen LogP contribution in [-0.2, 0) is 4.79 Å². The average Bonchev–Trinajstić information content (AvgIpc) is 2.19. The molecule has 88 valence electrons. The van der Waals surface area contributed by atoms with Crippen LogP contribution in [0.25, 0.3) is 0 Å². The third kappa shape index (κ3) is 2.73. The van der Waals surface area contributed by atoms with Gasteiger partial charge >= 0.3 is 5.97 Å². The Hall–Kier alpha value is -1.55. The number of carbonyl (C=O) groups excluding carboxylic acids is 1. The van der Waals surface area contributed by atoms with Crippen LogP contribution in [0.3, 0.4) is 0 Å². The molecular weight excluding hydrogens is 208 g/mol. The molecule has 4 nitrogen and oxygen atoms in total. The maximum absolute atomic E-state index is 10.9. The van der Waals surface area contributed by atoms with Crippen LogP contribution in [0.4, 0.5) is 0 Å². The number of hydrogen-bond donors (Lipinski definition) is 1. The van der Waals surface area contributed by atoms with Crippen LogP contribution < -0.4 is 9.47 Å². The molecule has 0 amide bonds. The second kappa shape index (κ2) is 4.99. The van der Waals surface area contributed by atoms with Crippen molar-refractivity contribution in [3.8, 4) is 11.5 Å². The van der Waals surface area contributed by atoms with E-state index in [9.17, 15) is 9.90 Å². The summed E-state index contributed by atoms with van der Waals surface area (Å²) in [5, 5.41) is 9.48. The van der Waals surface area contributed by atoms with Gasteiger partial charge in [-0.25, -0.2) is 0 Å². The van der Waals surface area contributed by atoms with Gasteiger partial charge in [0, 0.05) is 6.92 Å². The molecule has 1 atom stereocenters. The third-order valence-electron chi connectivity index (χ3n) is 2.21. The largest absolute Gasteiger partial charge is 0.493 e. The van der Waals surface area contributed by atoms with E-state index < -0.39 is 12.1 Å². The first-order chi connectivity index (χ1) is 7.45. The van der Waals surface area contributed by atoms with Crippen LogP contribution in [-0.4, -0.2) is 18.2 Å². The Morgan fingerprint density at radius 1 is 1.44 bits per heavy atom. The molecule has 0 radical (unpaired) electrons. The normalized spacial score (nSPS) is 12.1. The van der Waals surface area contributed by atoms with Crippen LogP contribution in [0.1, 0.15) is 31.1 Å². The number of benzene rings is 1. The van der Waals surface area contributed by atoms with Crippen LogP contribution in [0.5, 0.6) is 11.5 Å². The Labute approximate surface area is 94.8 Å². The molecule has 1 N–H and O–H groups in total. The molecule has 0 heterocycles. The first kappa shape index (κ1) is 12.5. The zero-order chi connectivity index (χ0) is 12.3. The molecule has 1 aromatic carbocycles. The summed E-state index contributed by atoms with van der Waals surface area (Å²) in [6, 6.07) is 3.43. The molecule has 0 saturated heterocycles. The lowest BCUT2D eigenvalue weighted by Gasteiger charge is -2.14. The molecule has 0 bridgehead atoms. The van der Waals surface area contributed by atoms with Gasteiger partial charge in [0.05, 0.1) is 13.2 Å². The van der Waals surface area contributed by atoms with E-state index in [-0.39, 0.29) is 0 Å². The molecule has 16 heavy (non-hydrogen) atoms. The fourth-order valence-corrected chi connectivity index (χ4v) is 1.44. The van der Waals surface area contributed by atoms with Crippen molar-refractivity contribution >= 4 is 5.97 Å². The SMILES string of the molecule is COc1cc(C(C)O)cc(C)c1OC(C)=O. The summed E-state index contributed by atoms with van der Waals surface area (Å²) in [7, 11) is 1.49. The van der Waals surface area contributed by atoms with Gasteiger partial charge in [-0.2, -0.15) is 0 Å². The molecule has 0 aliphatic rings. The lowest BCUT2D eigenvalue weighted by Crippen LogP contribution is -2.05. The summed E-state index contributed by atoms with van der Waals surface area (Å²) in [6.07, 6.45) is -0.584. The van der Waals surface area contributed by atoms with Gasteiger partial charge in [-0.15, -0.1) is 0 Å². The van der Waals surface area contributed by atoms with Crippen molar-refractivity contribution in [1.82, 2.24) is 0 Å². The Balaban J connectivity index is 3.22. The van der Waals surface area contributed by atoms with Crippen LogP contribution in [0.2, 0.25) is 0 Å². The molecule has 0 aliphatic carbocycles. The molecule has 0 spiro atoms. The summed E-state index contributed by atoms with van der Waals surface area (Å²) < 4.78 is 10.2. The van der Waals surface area contributed by atoms with Crippen LogP contribution in [0.15, 0.2) is 12.1 Å². The minimum Gasteiger partial charge on any atom is -0.493 e. The zero-order valence-corrected chi connectivity index (χ0v) is 9.90. The van der Waals surface area contributed by atoms with Gasteiger partial charge in [-0.3, -0.25) is 4.79 Å². The first-order valence-corrected chi connectivity index (χ1v) is 5.00. The number of rotatable bonds is 3. The van der Waals surface area contributed by atoms with Crippen molar-refractivity contribution in [3.05, 3.63) is 23.3 Å². The maximum Gasteiger partial charge on any atom is 0.308 e. The van der Waals surface area contributed by atoms with Crippen molar-refractivity contribution in [3.63, 3.8) is 0 Å². The zero-order valence-electron chi connectivity index (χ0n) is 9.90. The minimum absolute atomic E-state index is 0.397. The highest BCUT2D eigenvalue weighted by molar-refractivity contribution is 5.71. The Kier molecular flexibility index (Phi) is 3.90.